The maximum absolute atomic E-state index is 11.0. The SMILES string of the molecule is CCOCC(=O)CCNC1CC1. The smallest absolute Gasteiger partial charge is 0.159 e. The van der Waals surface area contributed by atoms with E-state index in [1.165, 1.54) is 12.8 Å². The van der Waals surface area contributed by atoms with Crippen LogP contribution in [0.25, 0.3) is 0 Å². The lowest BCUT2D eigenvalue weighted by Gasteiger charge is -2.01. The zero-order valence-corrected chi connectivity index (χ0v) is 7.64. The molecule has 0 radical (unpaired) electrons. The topological polar surface area (TPSA) is 38.3 Å². The number of carbonyl (C=O) groups is 1. The molecule has 0 saturated heterocycles. The van der Waals surface area contributed by atoms with Crippen LogP contribution in [0.5, 0.6) is 0 Å². The van der Waals surface area contributed by atoms with E-state index in [1.54, 1.807) is 0 Å². The predicted molar refractivity (Wildman–Crippen MR) is 47.1 cm³/mol. The van der Waals surface area contributed by atoms with E-state index in [4.69, 9.17) is 4.74 Å². The second-order valence-electron chi connectivity index (χ2n) is 3.15. The third-order valence-electron chi connectivity index (χ3n) is 1.88. The second-order valence-corrected chi connectivity index (χ2v) is 3.15. The van der Waals surface area contributed by atoms with Gasteiger partial charge in [-0.1, -0.05) is 0 Å². The summed E-state index contributed by atoms with van der Waals surface area (Å²) in [4.78, 5) is 11.0. The number of ketones is 1. The highest BCUT2D eigenvalue weighted by Gasteiger charge is 2.19. The van der Waals surface area contributed by atoms with Crippen LogP contribution in [0.3, 0.4) is 0 Å². The van der Waals surface area contributed by atoms with Crippen molar-refractivity contribution in [3.63, 3.8) is 0 Å². The van der Waals surface area contributed by atoms with Crippen molar-refractivity contribution in [3.05, 3.63) is 0 Å². The second kappa shape index (κ2) is 5.27. The lowest BCUT2D eigenvalue weighted by atomic mass is 10.3. The van der Waals surface area contributed by atoms with Gasteiger partial charge in [-0.25, -0.2) is 0 Å². The summed E-state index contributed by atoms with van der Waals surface area (Å²) in [5.74, 6) is 0.199. The Morgan fingerprint density at radius 2 is 2.33 bits per heavy atom. The highest BCUT2D eigenvalue weighted by atomic mass is 16.5. The van der Waals surface area contributed by atoms with Gasteiger partial charge >= 0.3 is 0 Å². The molecule has 1 fully saturated rings. The van der Waals surface area contributed by atoms with Gasteiger partial charge in [0.15, 0.2) is 5.78 Å². The Labute approximate surface area is 73.5 Å². The summed E-state index contributed by atoms with van der Waals surface area (Å²) in [5, 5.41) is 3.29. The Bertz CT molecular complexity index is 143. The van der Waals surface area contributed by atoms with E-state index in [2.05, 4.69) is 5.32 Å². The molecule has 1 aliphatic carbocycles. The van der Waals surface area contributed by atoms with Gasteiger partial charge < -0.3 is 10.1 Å². The highest BCUT2D eigenvalue weighted by molar-refractivity contribution is 5.79. The van der Waals surface area contributed by atoms with E-state index < -0.39 is 0 Å². The number of rotatable bonds is 7. The van der Waals surface area contributed by atoms with E-state index in [9.17, 15) is 4.79 Å². The first-order valence-electron chi connectivity index (χ1n) is 4.65. The molecule has 0 aromatic heterocycles. The molecule has 1 aliphatic rings. The minimum absolute atomic E-state index is 0.199. The van der Waals surface area contributed by atoms with Gasteiger partial charge in [-0.05, 0) is 19.8 Å². The molecule has 0 aliphatic heterocycles. The van der Waals surface area contributed by atoms with Crippen LogP contribution in [0.4, 0.5) is 0 Å². The Morgan fingerprint density at radius 1 is 1.58 bits per heavy atom. The first-order chi connectivity index (χ1) is 5.83. The molecule has 0 aromatic rings. The van der Waals surface area contributed by atoms with E-state index in [0.717, 1.165) is 6.54 Å². The van der Waals surface area contributed by atoms with Gasteiger partial charge in [0, 0.05) is 25.6 Å². The zero-order chi connectivity index (χ0) is 8.81. The quantitative estimate of drug-likeness (QED) is 0.614. The third kappa shape index (κ3) is 4.46. The normalized spacial score (nSPS) is 16.4. The molecule has 0 bridgehead atoms. The molecule has 3 nitrogen and oxygen atoms in total. The lowest BCUT2D eigenvalue weighted by Crippen LogP contribution is -2.21. The largest absolute Gasteiger partial charge is 0.374 e. The van der Waals surface area contributed by atoms with Crippen molar-refractivity contribution in [2.45, 2.75) is 32.2 Å². The van der Waals surface area contributed by atoms with Crippen molar-refractivity contribution >= 4 is 5.78 Å². The van der Waals surface area contributed by atoms with Crippen LogP contribution in [-0.4, -0.2) is 31.6 Å². The van der Waals surface area contributed by atoms with Gasteiger partial charge in [-0.15, -0.1) is 0 Å². The van der Waals surface area contributed by atoms with Crippen LogP contribution >= 0.6 is 0 Å². The summed E-state index contributed by atoms with van der Waals surface area (Å²) in [6.45, 7) is 3.62. The van der Waals surface area contributed by atoms with Crippen LogP contribution in [0.15, 0.2) is 0 Å². The molecule has 0 unspecified atom stereocenters. The summed E-state index contributed by atoms with van der Waals surface area (Å²) >= 11 is 0. The number of ether oxygens (including phenoxy) is 1. The molecule has 3 heteroatoms. The summed E-state index contributed by atoms with van der Waals surface area (Å²) in [5.41, 5.74) is 0. The van der Waals surface area contributed by atoms with E-state index in [-0.39, 0.29) is 12.4 Å². The van der Waals surface area contributed by atoms with Crippen molar-refractivity contribution in [2.24, 2.45) is 0 Å². The van der Waals surface area contributed by atoms with Crippen molar-refractivity contribution in [1.82, 2.24) is 5.32 Å². The summed E-state index contributed by atoms with van der Waals surface area (Å²) in [6, 6.07) is 0.699. The monoisotopic (exact) mass is 171 g/mol. The molecule has 1 N–H and O–H groups in total. The van der Waals surface area contributed by atoms with Crippen molar-refractivity contribution < 1.29 is 9.53 Å². The zero-order valence-electron chi connectivity index (χ0n) is 7.64. The van der Waals surface area contributed by atoms with Crippen LogP contribution < -0.4 is 5.32 Å². The fraction of sp³-hybridized carbons (Fsp3) is 0.889. The lowest BCUT2D eigenvalue weighted by molar-refractivity contribution is -0.123. The molecular formula is C9H17NO2. The van der Waals surface area contributed by atoms with Gasteiger partial charge in [-0.2, -0.15) is 0 Å². The Morgan fingerprint density at radius 3 is 2.92 bits per heavy atom. The van der Waals surface area contributed by atoms with Gasteiger partial charge in [0.25, 0.3) is 0 Å². The van der Waals surface area contributed by atoms with Crippen molar-refractivity contribution in [1.29, 1.82) is 0 Å². The maximum Gasteiger partial charge on any atom is 0.159 e. The molecule has 0 spiro atoms. The van der Waals surface area contributed by atoms with Crippen LogP contribution in [0.1, 0.15) is 26.2 Å². The average molecular weight is 171 g/mol. The average Bonchev–Trinajstić information content (AvgIpc) is 2.84. The van der Waals surface area contributed by atoms with Gasteiger partial charge in [0.05, 0.1) is 0 Å². The molecule has 70 valence electrons. The fourth-order valence-electron chi connectivity index (χ4n) is 0.991. The fourth-order valence-corrected chi connectivity index (χ4v) is 0.991. The van der Waals surface area contributed by atoms with Crippen molar-refractivity contribution in [2.75, 3.05) is 19.8 Å². The Balaban J connectivity index is 1.86. The van der Waals surface area contributed by atoms with E-state index in [0.29, 0.717) is 19.1 Å². The molecular weight excluding hydrogens is 154 g/mol. The highest BCUT2D eigenvalue weighted by Crippen LogP contribution is 2.18. The minimum Gasteiger partial charge on any atom is -0.374 e. The van der Waals surface area contributed by atoms with E-state index >= 15 is 0 Å². The molecule has 12 heavy (non-hydrogen) atoms. The number of carbonyl (C=O) groups excluding carboxylic acids is 1. The Kier molecular flexibility index (Phi) is 4.25. The third-order valence-corrected chi connectivity index (χ3v) is 1.88. The molecule has 0 amide bonds. The molecule has 1 saturated carbocycles. The molecule has 0 aromatic carbocycles. The Hall–Kier alpha value is -0.410. The molecule has 0 heterocycles. The van der Waals surface area contributed by atoms with Crippen molar-refractivity contribution in [3.8, 4) is 0 Å². The number of Topliss-reactive ketones (excluding diaryl/α,β-unsaturated/α-hetero) is 1. The number of hydrogen-bond acceptors (Lipinski definition) is 3. The molecule has 1 rings (SSSR count). The number of nitrogens with one attached hydrogen (secondary N) is 1. The van der Waals surface area contributed by atoms with Crippen LogP contribution in [0, 0.1) is 0 Å². The van der Waals surface area contributed by atoms with Gasteiger partial charge in [0.1, 0.15) is 6.61 Å². The van der Waals surface area contributed by atoms with E-state index in [1.807, 2.05) is 6.92 Å². The first-order valence-corrected chi connectivity index (χ1v) is 4.65. The van der Waals surface area contributed by atoms with Gasteiger partial charge in [-0.3, -0.25) is 4.79 Å². The van der Waals surface area contributed by atoms with Crippen LogP contribution in [-0.2, 0) is 9.53 Å². The summed E-state index contributed by atoms with van der Waals surface area (Å²) < 4.78 is 4.99. The standard InChI is InChI=1S/C9H17NO2/c1-2-12-7-9(11)5-6-10-8-3-4-8/h8,10H,2-7H2,1H3. The summed E-state index contributed by atoms with van der Waals surface area (Å²) in [7, 11) is 0. The van der Waals surface area contributed by atoms with Gasteiger partial charge in [0.2, 0.25) is 0 Å². The first kappa shape index (κ1) is 9.68. The minimum atomic E-state index is 0.199. The predicted octanol–water partition coefficient (Wildman–Crippen LogP) is 0.734. The summed E-state index contributed by atoms with van der Waals surface area (Å²) in [6.07, 6.45) is 3.16. The molecule has 0 atom stereocenters. The van der Waals surface area contributed by atoms with Crippen LogP contribution in [0.2, 0.25) is 0 Å². The maximum atomic E-state index is 11.0. The number of hydrogen-bond donors (Lipinski definition) is 1.